The molecule has 0 aliphatic carbocycles. The number of esters is 1. The first-order valence-electron chi connectivity index (χ1n) is 8.83. The standard InChI is InChI=1S/C19H25F3N2O3/c1-12(2)14-5-7-15(8-6-14)23-16(25)9-18(4)17(26)27-10-13(3)24(18)11-19(20,21)22/h5-8,12-13H,9-11H2,1-4H3,(H,23,25). The molecule has 1 aromatic rings. The van der Waals surface area contributed by atoms with Gasteiger partial charge in [-0.2, -0.15) is 13.2 Å². The van der Waals surface area contributed by atoms with E-state index >= 15 is 0 Å². The molecule has 0 saturated carbocycles. The number of benzene rings is 1. The number of carbonyl (C=O) groups is 2. The minimum Gasteiger partial charge on any atom is -0.463 e. The maximum absolute atomic E-state index is 13.0. The lowest BCUT2D eigenvalue weighted by Crippen LogP contribution is -2.64. The number of hydrogen-bond acceptors (Lipinski definition) is 4. The summed E-state index contributed by atoms with van der Waals surface area (Å²) in [6, 6.07) is 6.55. The van der Waals surface area contributed by atoms with E-state index in [4.69, 9.17) is 4.74 Å². The zero-order chi connectivity index (χ0) is 20.4. The molecule has 1 heterocycles. The van der Waals surface area contributed by atoms with Crippen LogP contribution in [0.3, 0.4) is 0 Å². The number of halogens is 3. The van der Waals surface area contributed by atoms with Gasteiger partial charge in [0.15, 0.2) is 0 Å². The smallest absolute Gasteiger partial charge is 0.401 e. The molecule has 1 aliphatic heterocycles. The van der Waals surface area contributed by atoms with E-state index in [1.54, 1.807) is 19.1 Å². The Morgan fingerprint density at radius 1 is 1.33 bits per heavy atom. The molecule has 2 rings (SSSR count). The van der Waals surface area contributed by atoms with Gasteiger partial charge in [-0.05, 0) is 37.5 Å². The van der Waals surface area contributed by atoms with Crippen LogP contribution in [0.4, 0.5) is 18.9 Å². The van der Waals surface area contributed by atoms with Gasteiger partial charge < -0.3 is 10.1 Å². The molecule has 1 N–H and O–H groups in total. The lowest BCUT2D eigenvalue weighted by molar-refractivity contribution is -0.199. The van der Waals surface area contributed by atoms with Crippen LogP contribution in [0.5, 0.6) is 0 Å². The summed E-state index contributed by atoms with van der Waals surface area (Å²) in [5, 5.41) is 2.64. The molecule has 1 saturated heterocycles. The fraction of sp³-hybridized carbons (Fsp3) is 0.579. The van der Waals surface area contributed by atoms with Gasteiger partial charge in [-0.1, -0.05) is 26.0 Å². The fourth-order valence-electron chi connectivity index (χ4n) is 3.21. The van der Waals surface area contributed by atoms with Crippen molar-refractivity contribution in [2.24, 2.45) is 0 Å². The zero-order valence-electron chi connectivity index (χ0n) is 15.9. The number of rotatable bonds is 5. The summed E-state index contributed by atoms with van der Waals surface area (Å²) in [6.07, 6.45) is -4.92. The average Bonchev–Trinajstić information content (AvgIpc) is 2.55. The first kappa shape index (κ1) is 21.2. The van der Waals surface area contributed by atoms with Crippen LogP contribution in [-0.2, 0) is 14.3 Å². The first-order valence-corrected chi connectivity index (χ1v) is 8.83. The molecular weight excluding hydrogens is 361 g/mol. The first-order chi connectivity index (χ1) is 12.4. The Hall–Kier alpha value is -2.09. The lowest BCUT2D eigenvalue weighted by atomic mass is 9.91. The van der Waals surface area contributed by atoms with Gasteiger partial charge in [-0.25, -0.2) is 0 Å². The van der Waals surface area contributed by atoms with Gasteiger partial charge >= 0.3 is 12.1 Å². The van der Waals surface area contributed by atoms with Crippen LogP contribution < -0.4 is 5.32 Å². The molecule has 2 atom stereocenters. The minimum absolute atomic E-state index is 0.136. The normalized spacial score (nSPS) is 24.0. The molecule has 0 radical (unpaired) electrons. The van der Waals surface area contributed by atoms with Gasteiger partial charge in [-0.3, -0.25) is 14.5 Å². The third-order valence-corrected chi connectivity index (χ3v) is 4.78. The van der Waals surface area contributed by atoms with E-state index in [2.05, 4.69) is 5.32 Å². The van der Waals surface area contributed by atoms with Crippen LogP contribution in [0.1, 0.15) is 45.6 Å². The summed E-state index contributed by atoms with van der Waals surface area (Å²) >= 11 is 0. The van der Waals surface area contributed by atoms with Crippen LogP contribution >= 0.6 is 0 Å². The lowest BCUT2D eigenvalue weighted by Gasteiger charge is -2.46. The second kappa shape index (κ2) is 7.88. The number of amides is 1. The molecule has 1 amide bonds. The maximum atomic E-state index is 13.0. The second-order valence-corrected chi connectivity index (χ2v) is 7.47. The molecule has 1 aromatic carbocycles. The topological polar surface area (TPSA) is 58.6 Å². The average molecular weight is 386 g/mol. The number of alkyl halides is 3. The summed E-state index contributed by atoms with van der Waals surface area (Å²) in [5.41, 5.74) is -0.0663. The van der Waals surface area contributed by atoms with Crippen LogP contribution in [0, 0.1) is 0 Å². The van der Waals surface area contributed by atoms with Crippen molar-refractivity contribution in [1.29, 1.82) is 0 Å². The van der Waals surface area contributed by atoms with E-state index in [0.717, 1.165) is 10.5 Å². The molecule has 5 nitrogen and oxygen atoms in total. The van der Waals surface area contributed by atoms with Gasteiger partial charge in [-0.15, -0.1) is 0 Å². The van der Waals surface area contributed by atoms with Gasteiger partial charge in [0, 0.05) is 11.7 Å². The predicted octanol–water partition coefficient (Wildman–Crippen LogP) is 3.71. The SMILES string of the molecule is CC(C)c1ccc(NC(=O)CC2(C)C(=O)OCC(C)N2CC(F)(F)F)cc1. The molecule has 0 aromatic heterocycles. The number of anilines is 1. The van der Waals surface area contributed by atoms with Gasteiger partial charge in [0.2, 0.25) is 5.91 Å². The van der Waals surface area contributed by atoms with Crippen molar-refractivity contribution in [2.75, 3.05) is 18.5 Å². The maximum Gasteiger partial charge on any atom is 0.401 e. The largest absolute Gasteiger partial charge is 0.463 e. The second-order valence-electron chi connectivity index (χ2n) is 7.47. The Labute approximate surface area is 156 Å². The van der Waals surface area contributed by atoms with Crippen molar-refractivity contribution in [1.82, 2.24) is 4.90 Å². The summed E-state index contributed by atoms with van der Waals surface area (Å²) < 4.78 is 43.9. The van der Waals surface area contributed by atoms with Crippen molar-refractivity contribution < 1.29 is 27.5 Å². The Morgan fingerprint density at radius 3 is 2.44 bits per heavy atom. The molecule has 0 spiro atoms. The molecule has 1 aliphatic rings. The highest BCUT2D eigenvalue weighted by atomic mass is 19.4. The van der Waals surface area contributed by atoms with E-state index < -0.39 is 42.6 Å². The zero-order valence-corrected chi connectivity index (χ0v) is 15.9. The number of nitrogens with one attached hydrogen (secondary N) is 1. The number of nitrogens with zero attached hydrogens (tertiary/aromatic N) is 1. The third kappa shape index (κ3) is 5.22. The van der Waals surface area contributed by atoms with Crippen molar-refractivity contribution in [3.63, 3.8) is 0 Å². The number of cyclic esters (lactones) is 1. The molecule has 27 heavy (non-hydrogen) atoms. The van der Waals surface area contributed by atoms with E-state index in [1.165, 1.54) is 6.92 Å². The van der Waals surface area contributed by atoms with Crippen molar-refractivity contribution in [3.8, 4) is 0 Å². The van der Waals surface area contributed by atoms with E-state index in [9.17, 15) is 22.8 Å². The third-order valence-electron chi connectivity index (χ3n) is 4.78. The number of ether oxygens (including phenoxy) is 1. The van der Waals surface area contributed by atoms with Gasteiger partial charge in [0.1, 0.15) is 12.1 Å². The molecule has 8 heteroatoms. The molecule has 0 bridgehead atoms. The number of carbonyl (C=O) groups excluding carboxylic acids is 2. The van der Waals surface area contributed by atoms with Crippen molar-refractivity contribution in [2.45, 2.75) is 57.8 Å². The van der Waals surface area contributed by atoms with E-state index in [-0.39, 0.29) is 6.61 Å². The van der Waals surface area contributed by atoms with Gasteiger partial charge in [0.25, 0.3) is 0 Å². The van der Waals surface area contributed by atoms with E-state index in [0.29, 0.717) is 11.6 Å². The number of hydrogen-bond donors (Lipinski definition) is 1. The number of morpholine rings is 1. The molecule has 150 valence electrons. The van der Waals surface area contributed by atoms with Gasteiger partial charge in [0.05, 0.1) is 13.0 Å². The minimum atomic E-state index is -4.49. The van der Waals surface area contributed by atoms with Crippen molar-refractivity contribution >= 4 is 17.6 Å². The van der Waals surface area contributed by atoms with Crippen molar-refractivity contribution in [3.05, 3.63) is 29.8 Å². The molecule has 2 unspecified atom stereocenters. The quantitative estimate of drug-likeness (QED) is 0.784. The Morgan fingerprint density at radius 2 is 1.93 bits per heavy atom. The molecular formula is C19H25F3N2O3. The monoisotopic (exact) mass is 386 g/mol. The van der Waals surface area contributed by atoms with Crippen LogP contribution in [0.25, 0.3) is 0 Å². The summed E-state index contributed by atoms with van der Waals surface area (Å²) in [7, 11) is 0. The fourth-order valence-corrected chi connectivity index (χ4v) is 3.21. The Balaban J connectivity index is 2.15. The summed E-state index contributed by atoms with van der Waals surface area (Å²) in [6.45, 7) is 5.52. The summed E-state index contributed by atoms with van der Waals surface area (Å²) in [5.74, 6) is -1.04. The highest BCUT2D eigenvalue weighted by Gasteiger charge is 2.51. The highest BCUT2D eigenvalue weighted by molar-refractivity contribution is 5.96. The van der Waals surface area contributed by atoms with E-state index in [1.807, 2.05) is 26.0 Å². The Kier molecular flexibility index (Phi) is 6.19. The summed E-state index contributed by atoms with van der Waals surface area (Å²) in [4.78, 5) is 25.7. The Bertz CT molecular complexity index is 688. The predicted molar refractivity (Wildman–Crippen MR) is 95.4 cm³/mol. The van der Waals surface area contributed by atoms with Crippen LogP contribution in [-0.4, -0.2) is 47.7 Å². The van der Waals surface area contributed by atoms with Crippen LogP contribution in [0.15, 0.2) is 24.3 Å². The molecule has 1 fully saturated rings. The van der Waals surface area contributed by atoms with Crippen LogP contribution in [0.2, 0.25) is 0 Å². The highest BCUT2D eigenvalue weighted by Crippen LogP contribution is 2.32.